The molecular formula is C23H27FN2O4. The van der Waals surface area contributed by atoms with Gasteiger partial charge in [0, 0.05) is 50.0 Å². The fourth-order valence-corrected chi connectivity index (χ4v) is 4.34. The van der Waals surface area contributed by atoms with Gasteiger partial charge in [-0.15, -0.1) is 0 Å². The van der Waals surface area contributed by atoms with E-state index >= 15 is 0 Å². The van der Waals surface area contributed by atoms with Crippen molar-refractivity contribution in [1.29, 1.82) is 0 Å². The van der Waals surface area contributed by atoms with E-state index in [9.17, 15) is 14.3 Å². The molecule has 1 fully saturated rings. The molecule has 160 valence electrons. The molecule has 0 aromatic heterocycles. The van der Waals surface area contributed by atoms with Crippen molar-refractivity contribution in [3.8, 4) is 11.5 Å². The summed E-state index contributed by atoms with van der Waals surface area (Å²) in [6.45, 7) is 2.23. The van der Waals surface area contributed by atoms with E-state index in [0.29, 0.717) is 17.9 Å². The van der Waals surface area contributed by atoms with Gasteiger partial charge in [0.2, 0.25) is 5.91 Å². The highest BCUT2D eigenvalue weighted by Gasteiger charge is 2.42. The van der Waals surface area contributed by atoms with Crippen LogP contribution in [0.1, 0.15) is 24.0 Å². The van der Waals surface area contributed by atoms with Crippen LogP contribution in [-0.4, -0.2) is 53.9 Å². The first kappa shape index (κ1) is 20.6. The average Bonchev–Trinajstić information content (AvgIpc) is 3.06. The summed E-state index contributed by atoms with van der Waals surface area (Å²) >= 11 is 0. The van der Waals surface area contributed by atoms with E-state index in [1.54, 1.807) is 24.3 Å². The van der Waals surface area contributed by atoms with E-state index in [1.807, 2.05) is 12.1 Å². The van der Waals surface area contributed by atoms with Crippen molar-refractivity contribution >= 4 is 5.91 Å². The lowest BCUT2D eigenvalue weighted by Gasteiger charge is -2.39. The van der Waals surface area contributed by atoms with Crippen molar-refractivity contribution in [1.82, 2.24) is 4.90 Å². The number of ether oxygens (including phenoxy) is 2. The molecule has 0 radical (unpaired) electrons. The number of piperidine rings is 1. The highest BCUT2D eigenvalue weighted by Crippen LogP contribution is 2.41. The third kappa shape index (κ3) is 4.74. The van der Waals surface area contributed by atoms with Gasteiger partial charge in [0.1, 0.15) is 35.6 Å². The number of amides is 1. The third-order valence-corrected chi connectivity index (χ3v) is 5.87. The Balaban J connectivity index is 1.26. The van der Waals surface area contributed by atoms with Gasteiger partial charge in [0.05, 0.1) is 6.42 Å². The molecule has 2 aromatic rings. The van der Waals surface area contributed by atoms with E-state index < -0.39 is 12.0 Å². The van der Waals surface area contributed by atoms with Crippen molar-refractivity contribution in [2.45, 2.75) is 37.4 Å². The Kier molecular flexibility index (Phi) is 5.92. The molecule has 1 amide bonds. The van der Waals surface area contributed by atoms with E-state index in [2.05, 4.69) is 4.90 Å². The summed E-state index contributed by atoms with van der Waals surface area (Å²) < 4.78 is 25.4. The number of hydrogen-bond acceptors (Lipinski definition) is 5. The average molecular weight is 414 g/mol. The molecule has 1 atom stereocenters. The Labute approximate surface area is 175 Å². The van der Waals surface area contributed by atoms with Crippen molar-refractivity contribution in [2.24, 2.45) is 5.73 Å². The molecule has 3 N–H and O–H groups in total. The minimum Gasteiger partial charge on any atom is -0.491 e. The molecule has 4 rings (SSSR count). The SMILES string of the molecule is NC(=O)Cc1ccccc1OC[C@H](O)CN1CCC2(CC1)Cc1cc(F)ccc1O2. The number of para-hydroxylation sites is 1. The van der Waals surface area contributed by atoms with Crippen LogP contribution in [0.5, 0.6) is 11.5 Å². The van der Waals surface area contributed by atoms with E-state index in [-0.39, 0.29) is 24.4 Å². The zero-order valence-corrected chi connectivity index (χ0v) is 16.9. The van der Waals surface area contributed by atoms with Crippen molar-refractivity contribution < 1.29 is 23.8 Å². The van der Waals surface area contributed by atoms with Gasteiger partial charge in [0.15, 0.2) is 0 Å². The number of nitrogens with two attached hydrogens (primary N) is 1. The summed E-state index contributed by atoms with van der Waals surface area (Å²) in [5.74, 6) is 0.699. The second kappa shape index (κ2) is 8.62. The maximum absolute atomic E-state index is 13.5. The number of likely N-dealkylation sites (tertiary alicyclic amines) is 1. The maximum atomic E-state index is 13.5. The monoisotopic (exact) mass is 414 g/mol. The van der Waals surface area contributed by atoms with Crippen LogP contribution >= 0.6 is 0 Å². The highest BCUT2D eigenvalue weighted by molar-refractivity contribution is 5.77. The molecule has 0 unspecified atom stereocenters. The lowest BCUT2D eigenvalue weighted by Crippen LogP contribution is -2.49. The molecular weight excluding hydrogens is 387 g/mol. The van der Waals surface area contributed by atoms with E-state index in [4.69, 9.17) is 15.2 Å². The van der Waals surface area contributed by atoms with Crippen molar-refractivity contribution in [3.63, 3.8) is 0 Å². The molecule has 0 aliphatic carbocycles. The summed E-state index contributed by atoms with van der Waals surface area (Å²) in [5.41, 5.74) is 6.67. The first-order chi connectivity index (χ1) is 14.4. The summed E-state index contributed by atoms with van der Waals surface area (Å²) in [6, 6.07) is 11.9. The predicted molar refractivity (Wildman–Crippen MR) is 110 cm³/mol. The number of β-amino-alcohol motifs (C(OH)–C–C–N with tert-alkyl or cyclic N) is 1. The number of halogens is 1. The van der Waals surface area contributed by atoms with Gasteiger partial charge in [-0.05, 0) is 24.3 Å². The smallest absolute Gasteiger partial charge is 0.221 e. The zero-order valence-electron chi connectivity index (χ0n) is 16.9. The maximum Gasteiger partial charge on any atom is 0.221 e. The summed E-state index contributed by atoms with van der Waals surface area (Å²) in [6.07, 6.45) is 1.84. The fraction of sp³-hybridized carbons (Fsp3) is 0.435. The lowest BCUT2D eigenvalue weighted by atomic mass is 9.87. The van der Waals surface area contributed by atoms with Crippen molar-refractivity contribution in [3.05, 3.63) is 59.4 Å². The number of carbonyl (C=O) groups excluding carboxylic acids is 1. The normalized spacial score (nSPS) is 18.6. The molecule has 0 bridgehead atoms. The van der Waals surface area contributed by atoms with Crippen LogP contribution in [0.4, 0.5) is 4.39 Å². The van der Waals surface area contributed by atoms with E-state index in [1.165, 1.54) is 6.07 Å². The van der Waals surface area contributed by atoms with Crippen LogP contribution in [0.3, 0.4) is 0 Å². The van der Waals surface area contributed by atoms with Gasteiger partial charge in [0.25, 0.3) is 0 Å². The standard InChI is InChI=1S/C23H27FN2O4/c24-18-5-6-21-17(11-18)13-23(30-21)7-9-26(10-8-23)14-19(27)15-29-20-4-2-1-3-16(20)12-22(25)28/h1-6,11,19,27H,7-10,12-15H2,(H2,25,28)/t19-/m1/s1. The van der Waals surface area contributed by atoms with Crippen LogP contribution in [0.2, 0.25) is 0 Å². The Morgan fingerprint density at radius 1 is 1.27 bits per heavy atom. The fourth-order valence-electron chi connectivity index (χ4n) is 4.34. The summed E-state index contributed by atoms with van der Waals surface area (Å²) in [5, 5.41) is 10.4. The zero-order chi connectivity index (χ0) is 21.1. The minimum absolute atomic E-state index is 0.104. The molecule has 2 aromatic carbocycles. The highest BCUT2D eigenvalue weighted by atomic mass is 19.1. The van der Waals surface area contributed by atoms with Crippen LogP contribution in [0.15, 0.2) is 42.5 Å². The van der Waals surface area contributed by atoms with Crippen LogP contribution in [0, 0.1) is 5.82 Å². The third-order valence-electron chi connectivity index (χ3n) is 5.87. The number of carbonyl (C=O) groups is 1. The number of benzene rings is 2. The molecule has 2 heterocycles. The first-order valence-corrected chi connectivity index (χ1v) is 10.3. The topological polar surface area (TPSA) is 85.0 Å². The molecule has 1 saturated heterocycles. The Bertz CT molecular complexity index is 912. The van der Waals surface area contributed by atoms with Gasteiger partial charge in [-0.2, -0.15) is 0 Å². The molecule has 2 aliphatic rings. The van der Waals surface area contributed by atoms with Gasteiger partial charge >= 0.3 is 0 Å². The number of nitrogens with zero attached hydrogens (tertiary/aromatic N) is 1. The van der Waals surface area contributed by atoms with Gasteiger partial charge < -0.3 is 25.2 Å². The first-order valence-electron chi connectivity index (χ1n) is 10.3. The van der Waals surface area contributed by atoms with Crippen LogP contribution in [-0.2, 0) is 17.6 Å². The number of aliphatic hydroxyl groups is 1. The van der Waals surface area contributed by atoms with Crippen molar-refractivity contribution in [2.75, 3.05) is 26.2 Å². The molecule has 7 heteroatoms. The molecule has 0 saturated carbocycles. The second-order valence-electron chi connectivity index (χ2n) is 8.23. The molecule has 1 spiro atoms. The Morgan fingerprint density at radius 3 is 2.80 bits per heavy atom. The van der Waals surface area contributed by atoms with Gasteiger partial charge in [-0.3, -0.25) is 4.79 Å². The summed E-state index contributed by atoms with van der Waals surface area (Å²) in [7, 11) is 0. The number of hydrogen-bond donors (Lipinski definition) is 2. The summed E-state index contributed by atoms with van der Waals surface area (Å²) in [4.78, 5) is 13.4. The van der Waals surface area contributed by atoms with Gasteiger partial charge in [-0.25, -0.2) is 4.39 Å². The predicted octanol–water partition coefficient (Wildman–Crippen LogP) is 2.06. The Hall–Kier alpha value is -2.64. The molecule has 6 nitrogen and oxygen atoms in total. The Morgan fingerprint density at radius 2 is 2.03 bits per heavy atom. The minimum atomic E-state index is -0.656. The number of aliphatic hydroxyl groups excluding tert-OH is 1. The van der Waals surface area contributed by atoms with Crippen LogP contribution in [0.25, 0.3) is 0 Å². The quantitative estimate of drug-likeness (QED) is 0.725. The molecule has 2 aliphatic heterocycles. The lowest BCUT2D eigenvalue weighted by molar-refractivity contribution is -0.117. The second-order valence-corrected chi connectivity index (χ2v) is 8.23. The van der Waals surface area contributed by atoms with Gasteiger partial charge in [-0.1, -0.05) is 18.2 Å². The van der Waals surface area contributed by atoms with E-state index in [0.717, 1.165) is 43.7 Å². The number of primary amides is 1. The van der Waals surface area contributed by atoms with Crippen LogP contribution < -0.4 is 15.2 Å². The number of fused-ring (bicyclic) bond motifs is 1. The molecule has 30 heavy (non-hydrogen) atoms. The largest absolute Gasteiger partial charge is 0.491 e. The number of rotatable bonds is 7.